The van der Waals surface area contributed by atoms with Crippen molar-refractivity contribution >= 4 is 44.0 Å². The molecule has 0 saturated carbocycles. The Morgan fingerprint density at radius 1 is 1.36 bits per heavy atom. The fraction of sp³-hybridized carbons (Fsp3) is 0.353. The predicted molar refractivity (Wildman–Crippen MR) is 96.8 cm³/mol. The van der Waals surface area contributed by atoms with Gasteiger partial charge < -0.3 is 9.64 Å². The zero-order valence-electron chi connectivity index (χ0n) is 12.8. The molecule has 0 spiro atoms. The van der Waals surface area contributed by atoms with Gasteiger partial charge in [-0.25, -0.2) is 0 Å². The molecule has 2 aliphatic rings. The molecule has 22 heavy (non-hydrogen) atoms. The molecule has 4 rings (SSSR count). The number of rotatable bonds is 4. The summed E-state index contributed by atoms with van der Waals surface area (Å²) >= 11 is 3.62. The first-order valence-electron chi connectivity index (χ1n) is 7.60. The molecule has 0 amide bonds. The van der Waals surface area contributed by atoms with Crippen molar-refractivity contribution in [2.24, 2.45) is 4.99 Å². The van der Waals surface area contributed by atoms with E-state index in [2.05, 4.69) is 40.4 Å². The Hall–Kier alpha value is -1.46. The standard InChI is InChI=1S/C17H18N2OS2/c1-3-4-14-16(19-7-6-18-17(19)22-14)13-9-11(20-2)10-15-12(13)5-8-21-15/h5,8-10H,3-4,6-7H2,1-2H3. The van der Waals surface area contributed by atoms with Gasteiger partial charge in [-0.15, -0.1) is 11.3 Å². The maximum absolute atomic E-state index is 5.53. The molecule has 0 unspecified atom stereocenters. The van der Waals surface area contributed by atoms with Gasteiger partial charge in [0.1, 0.15) is 5.75 Å². The molecule has 114 valence electrons. The van der Waals surface area contributed by atoms with Gasteiger partial charge in [0.2, 0.25) is 0 Å². The first-order chi connectivity index (χ1) is 10.8. The normalized spacial score (nSPS) is 17.4. The van der Waals surface area contributed by atoms with E-state index in [-0.39, 0.29) is 0 Å². The Labute approximate surface area is 138 Å². The Morgan fingerprint density at radius 3 is 3.09 bits per heavy atom. The molecule has 0 fully saturated rings. The number of hydrogen-bond acceptors (Lipinski definition) is 5. The van der Waals surface area contributed by atoms with Crippen molar-refractivity contribution in [2.45, 2.75) is 19.8 Å². The Bertz CT molecular complexity index is 791. The van der Waals surface area contributed by atoms with Crippen LogP contribution in [0.15, 0.2) is 33.5 Å². The number of aliphatic imine (C=N–C) groups is 1. The molecule has 0 N–H and O–H groups in total. The van der Waals surface area contributed by atoms with E-state index in [1.54, 1.807) is 18.4 Å². The lowest BCUT2D eigenvalue weighted by Crippen LogP contribution is -2.20. The van der Waals surface area contributed by atoms with Crippen molar-refractivity contribution in [3.63, 3.8) is 0 Å². The van der Waals surface area contributed by atoms with Crippen LogP contribution in [0.5, 0.6) is 5.75 Å². The maximum Gasteiger partial charge on any atom is 0.168 e. The van der Waals surface area contributed by atoms with Crippen LogP contribution in [0.1, 0.15) is 25.3 Å². The van der Waals surface area contributed by atoms with Gasteiger partial charge in [0.05, 0.1) is 19.4 Å². The molecule has 3 heterocycles. The number of thioether (sulfide) groups is 1. The molecule has 0 bridgehead atoms. The van der Waals surface area contributed by atoms with Crippen molar-refractivity contribution in [1.29, 1.82) is 0 Å². The van der Waals surface area contributed by atoms with Gasteiger partial charge in [-0.3, -0.25) is 4.99 Å². The van der Waals surface area contributed by atoms with Gasteiger partial charge in [0.15, 0.2) is 5.17 Å². The van der Waals surface area contributed by atoms with Crippen LogP contribution >= 0.6 is 23.1 Å². The second-order valence-electron chi connectivity index (χ2n) is 5.45. The largest absolute Gasteiger partial charge is 0.497 e. The Morgan fingerprint density at radius 2 is 2.27 bits per heavy atom. The highest BCUT2D eigenvalue weighted by atomic mass is 32.2. The van der Waals surface area contributed by atoms with E-state index < -0.39 is 0 Å². The van der Waals surface area contributed by atoms with Crippen molar-refractivity contribution in [3.05, 3.63) is 34.0 Å². The SMILES string of the molecule is CCCC1=C(c2cc(OC)cc3sccc23)N2CCN=C2S1. The minimum Gasteiger partial charge on any atom is -0.497 e. The smallest absolute Gasteiger partial charge is 0.168 e. The maximum atomic E-state index is 5.53. The van der Waals surface area contributed by atoms with E-state index >= 15 is 0 Å². The van der Waals surface area contributed by atoms with Crippen molar-refractivity contribution in [1.82, 2.24) is 4.90 Å². The third-order valence-electron chi connectivity index (χ3n) is 4.06. The van der Waals surface area contributed by atoms with Crippen LogP contribution in [-0.4, -0.2) is 30.3 Å². The summed E-state index contributed by atoms with van der Waals surface area (Å²) in [7, 11) is 1.74. The fourth-order valence-corrected chi connectivity index (χ4v) is 5.21. The molecule has 0 saturated heterocycles. The van der Waals surface area contributed by atoms with E-state index in [1.165, 1.54) is 31.4 Å². The second-order valence-corrected chi connectivity index (χ2v) is 7.46. The van der Waals surface area contributed by atoms with Crippen molar-refractivity contribution in [2.75, 3.05) is 20.2 Å². The summed E-state index contributed by atoms with van der Waals surface area (Å²) in [5.41, 5.74) is 2.64. The predicted octanol–water partition coefficient (Wildman–Crippen LogP) is 4.80. The van der Waals surface area contributed by atoms with Crippen LogP contribution in [0.3, 0.4) is 0 Å². The van der Waals surface area contributed by atoms with Crippen LogP contribution in [0.2, 0.25) is 0 Å². The Balaban J connectivity index is 1.93. The van der Waals surface area contributed by atoms with Crippen molar-refractivity contribution < 1.29 is 4.74 Å². The molecular weight excluding hydrogens is 312 g/mol. The number of fused-ring (bicyclic) bond motifs is 2. The van der Waals surface area contributed by atoms with Gasteiger partial charge in [0, 0.05) is 27.1 Å². The Kier molecular flexibility index (Phi) is 3.62. The van der Waals surface area contributed by atoms with Gasteiger partial charge in [0.25, 0.3) is 0 Å². The lowest BCUT2D eigenvalue weighted by Gasteiger charge is -2.19. The summed E-state index contributed by atoms with van der Waals surface area (Å²) in [6.45, 7) is 4.14. The average molecular weight is 330 g/mol. The number of benzene rings is 1. The highest BCUT2D eigenvalue weighted by molar-refractivity contribution is 8.17. The highest BCUT2D eigenvalue weighted by Crippen LogP contribution is 2.46. The molecule has 1 aromatic heterocycles. The van der Waals surface area contributed by atoms with Crippen LogP contribution in [0.25, 0.3) is 15.8 Å². The van der Waals surface area contributed by atoms with Gasteiger partial charge in [-0.05, 0) is 30.0 Å². The average Bonchev–Trinajstić information content (AvgIpc) is 3.21. The number of methoxy groups -OCH3 is 1. The van der Waals surface area contributed by atoms with Crippen LogP contribution < -0.4 is 4.74 Å². The van der Waals surface area contributed by atoms with Crippen LogP contribution in [0, 0.1) is 0 Å². The fourth-order valence-electron chi connectivity index (χ4n) is 3.08. The summed E-state index contributed by atoms with van der Waals surface area (Å²) in [5.74, 6) is 0.933. The topological polar surface area (TPSA) is 24.8 Å². The summed E-state index contributed by atoms with van der Waals surface area (Å²) in [6, 6.07) is 6.54. The minimum atomic E-state index is 0.905. The molecule has 2 aromatic rings. The summed E-state index contributed by atoms with van der Waals surface area (Å²) in [5, 5.41) is 4.65. The van der Waals surface area contributed by atoms with Crippen LogP contribution in [-0.2, 0) is 0 Å². The number of allylic oxidation sites excluding steroid dienone is 1. The van der Waals surface area contributed by atoms with Gasteiger partial charge >= 0.3 is 0 Å². The lowest BCUT2D eigenvalue weighted by atomic mass is 10.0. The van der Waals surface area contributed by atoms with E-state index in [0.717, 1.165) is 31.7 Å². The molecular formula is C17H18N2OS2. The third kappa shape index (κ3) is 2.15. The van der Waals surface area contributed by atoms with E-state index in [1.807, 2.05) is 11.8 Å². The number of amidine groups is 1. The molecule has 1 aromatic carbocycles. The van der Waals surface area contributed by atoms with E-state index in [4.69, 9.17) is 4.74 Å². The summed E-state index contributed by atoms with van der Waals surface area (Å²) in [6.07, 6.45) is 2.27. The molecule has 0 aliphatic carbocycles. The zero-order valence-corrected chi connectivity index (χ0v) is 14.4. The minimum absolute atomic E-state index is 0.905. The highest BCUT2D eigenvalue weighted by Gasteiger charge is 2.33. The summed E-state index contributed by atoms with van der Waals surface area (Å²) in [4.78, 5) is 8.49. The number of ether oxygens (including phenoxy) is 1. The van der Waals surface area contributed by atoms with Crippen molar-refractivity contribution in [3.8, 4) is 5.75 Å². The molecule has 0 radical (unpaired) electrons. The molecule has 5 heteroatoms. The second kappa shape index (κ2) is 5.63. The van der Waals surface area contributed by atoms with E-state index in [0.29, 0.717) is 0 Å². The molecule has 3 nitrogen and oxygen atoms in total. The van der Waals surface area contributed by atoms with Crippen LogP contribution in [0.4, 0.5) is 0 Å². The summed E-state index contributed by atoms with van der Waals surface area (Å²) < 4.78 is 6.81. The number of thiophene rings is 1. The van der Waals surface area contributed by atoms with Gasteiger partial charge in [-0.1, -0.05) is 25.1 Å². The first kappa shape index (κ1) is 14.2. The quantitative estimate of drug-likeness (QED) is 0.805. The number of nitrogens with zero attached hydrogens (tertiary/aromatic N) is 2. The third-order valence-corrected chi connectivity index (χ3v) is 6.10. The number of hydrogen-bond donors (Lipinski definition) is 0. The molecule has 0 atom stereocenters. The lowest BCUT2D eigenvalue weighted by molar-refractivity contribution is 0.415. The zero-order chi connectivity index (χ0) is 15.1. The molecule has 2 aliphatic heterocycles. The monoisotopic (exact) mass is 330 g/mol. The first-order valence-corrected chi connectivity index (χ1v) is 9.30. The van der Waals surface area contributed by atoms with Gasteiger partial charge in [-0.2, -0.15) is 0 Å². The van der Waals surface area contributed by atoms with E-state index in [9.17, 15) is 0 Å².